The lowest BCUT2D eigenvalue weighted by atomic mass is 10.2. The van der Waals surface area contributed by atoms with Crippen LogP contribution in [0.4, 0.5) is 0 Å². The molecule has 0 unspecified atom stereocenters. The van der Waals surface area contributed by atoms with E-state index in [0.29, 0.717) is 13.0 Å². The van der Waals surface area contributed by atoms with Gasteiger partial charge in [-0.1, -0.05) is 17.7 Å². The molecule has 1 heterocycles. The molecule has 1 aromatic carbocycles. The highest BCUT2D eigenvalue weighted by atomic mass is 35.5. The molecule has 0 aliphatic carbocycles. The number of halogens is 1. The van der Waals surface area contributed by atoms with Gasteiger partial charge in [0.05, 0.1) is 0 Å². The first-order chi connectivity index (χ1) is 7.72. The highest BCUT2D eigenvalue weighted by Gasteiger charge is 2.05. The van der Waals surface area contributed by atoms with Gasteiger partial charge in [0, 0.05) is 35.1 Å². The Balaban J connectivity index is 2.25. The second-order valence-corrected chi connectivity index (χ2v) is 3.91. The number of amides is 1. The molecular weight excluding hydrogens is 226 g/mol. The number of fused-ring (bicyclic) bond motifs is 1. The Hall–Kier alpha value is -1.52. The summed E-state index contributed by atoms with van der Waals surface area (Å²) in [7, 11) is 0. The van der Waals surface area contributed by atoms with Crippen LogP contribution >= 0.6 is 11.6 Å². The normalized spacial score (nSPS) is 10.6. The first-order valence-corrected chi connectivity index (χ1v) is 5.33. The van der Waals surface area contributed by atoms with Crippen LogP contribution in [-0.2, 0) is 11.3 Å². The highest BCUT2D eigenvalue weighted by molar-refractivity contribution is 6.35. The third kappa shape index (κ3) is 2.03. The summed E-state index contributed by atoms with van der Waals surface area (Å²) in [6.45, 7) is 0.590. The van der Waals surface area contributed by atoms with Gasteiger partial charge in [0.25, 0.3) is 0 Å². The van der Waals surface area contributed by atoms with E-state index in [1.165, 1.54) is 0 Å². The predicted octanol–water partition coefficient (Wildman–Crippen LogP) is 1.67. The molecule has 0 saturated carbocycles. The van der Waals surface area contributed by atoms with Crippen LogP contribution in [0.2, 0.25) is 5.02 Å². The van der Waals surface area contributed by atoms with Gasteiger partial charge in [-0.2, -0.15) is 0 Å². The molecule has 84 valence electrons. The van der Waals surface area contributed by atoms with Gasteiger partial charge in [0.1, 0.15) is 0 Å². The average molecular weight is 238 g/mol. The number of hydrogen-bond acceptors (Lipinski definition) is 2. The van der Waals surface area contributed by atoms with Crippen LogP contribution in [0.1, 0.15) is 6.42 Å². The molecule has 5 heteroatoms. The fourth-order valence-electron chi connectivity index (χ4n) is 1.68. The number of nitrogens with zero attached hydrogens (tertiary/aromatic N) is 1. The SMILES string of the molecule is NNC(=O)CCn1ccc2c(Cl)cccc21. The van der Waals surface area contributed by atoms with E-state index in [2.05, 4.69) is 5.43 Å². The Labute approximate surface area is 98.0 Å². The van der Waals surface area contributed by atoms with Crippen molar-refractivity contribution in [1.29, 1.82) is 0 Å². The lowest BCUT2D eigenvalue weighted by molar-refractivity contribution is -0.121. The lowest BCUT2D eigenvalue weighted by Gasteiger charge is -2.04. The van der Waals surface area contributed by atoms with Crippen molar-refractivity contribution in [1.82, 2.24) is 9.99 Å². The predicted molar refractivity (Wildman–Crippen MR) is 63.9 cm³/mol. The van der Waals surface area contributed by atoms with E-state index in [0.717, 1.165) is 15.9 Å². The minimum atomic E-state index is -0.177. The molecule has 3 N–H and O–H groups in total. The summed E-state index contributed by atoms with van der Waals surface area (Å²) in [6.07, 6.45) is 2.27. The van der Waals surface area contributed by atoms with Crippen LogP contribution in [0.25, 0.3) is 10.9 Å². The molecule has 0 saturated heterocycles. The summed E-state index contributed by atoms with van der Waals surface area (Å²) in [5.74, 6) is 4.84. The maximum absolute atomic E-state index is 11.0. The van der Waals surface area contributed by atoms with Gasteiger partial charge < -0.3 is 4.57 Å². The maximum Gasteiger partial charge on any atom is 0.235 e. The minimum absolute atomic E-state index is 0.177. The van der Waals surface area contributed by atoms with Crippen LogP contribution in [0.15, 0.2) is 30.5 Å². The van der Waals surface area contributed by atoms with E-state index < -0.39 is 0 Å². The van der Waals surface area contributed by atoms with E-state index in [-0.39, 0.29) is 5.91 Å². The van der Waals surface area contributed by atoms with Gasteiger partial charge in [0.2, 0.25) is 5.91 Å². The number of hydrogen-bond donors (Lipinski definition) is 2. The van der Waals surface area contributed by atoms with Crippen molar-refractivity contribution in [2.75, 3.05) is 0 Å². The summed E-state index contributed by atoms with van der Waals surface area (Å²) in [4.78, 5) is 11.0. The monoisotopic (exact) mass is 237 g/mol. The van der Waals surface area contributed by atoms with Crippen molar-refractivity contribution >= 4 is 28.4 Å². The van der Waals surface area contributed by atoms with Gasteiger partial charge in [0.15, 0.2) is 0 Å². The molecule has 0 atom stereocenters. The zero-order chi connectivity index (χ0) is 11.5. The Bertz CT molecular complexity index is 521. The third-order valence-corrected chi connectivity index (χ3v) is 2.83. The van der Waals surface area contributed by atoms with E-state index in [4.69, 9.17) is 17.4 Å². The number of aryl methyl sites for hydroxylation is 1. The number of carbonyl (C=O) groups excluding carboxylic acids is 1. The molecule has 2 aromatic rings. The molecule has 0 bridgehead atoms. The van der Waals surface area contributed by atoms with Gasteiger partial charge in [-0.3, -0.25) is 10.2 Å². The number of nitrogens with two attached hydrogens (primary N) is 1. The van der Waals surface area contributed by atoms with Crippen LogP contribution in [-0.4, -0.2) is 10.5 Å². The number of nitrogens with one attached hydrogen (secondary N) is 1. The van der Waals surface area contributed by atoms with Gasteiger partial charge in [-0.15, -0.1) is 0 Å². The van der Waals surface area contributed by atoms with Crippen molar-refractivity contribution in [3.63, 3.8) is 0 Å². The summed E-state index contributed by atoms with van der Waals surface area (Å²) in [6, 6.07) is 7.66. The zero-order valence-electron chi connectivity index (χ0n) is 8.61. The molecule has 0 aliphatic rings. The van der Waals surface area contributed by atoms with Crippen molar-refractivity contribution in [2.24, 2.45) is 5.84 Å². The molecule has 0 radical (unpaired) electrons. The van der Waals surface area contributed by atoms with E-state index in [9.17, 15) is 4.79 Å². The van der Waals surface area contributed by atoms with E-state index >= 15 is 0 Å². The average Bonchev–Trinajstić information content (AvgIpc) is 2.70. The number of benzene rings is 1. The largest absolute Gasteiger partial charge is 0.347 e. The Morgan fingerprint density at radius 2 is 2.25 bits per heavy atom. The summed E-state index contributed by atoms with van der Waals surface area (Å²) in [5.41, 5.74) is 3.13. The van der Waals surface area contributed by atoms with Crippen molar-refractivity contribution < 1.29 is 4.79 Å². The maximum atomic E-state index is 11.0. The fourth-order valence-corrected chi connectivity index (χ4v) is 1.91. The zero-order valence-corrected chi connectivity index (χ0v) is 9.37. The van der Waals surface area contributed by atoms with Crippen LogP contribution in [0, 0.1) is 0 Å². The molecule has 0 fully saturated rings. The van der Waals surface area contributed by atoms with Crippen molar-refractivity contribution in [2.45, 2.75) is 13.0 Å². The quantitative estimate of drug-likeness (QED) is 0.485. The first kappa shape index (κ1) is 11.0. The molecule has 16 heavy (non-hydrogen) atoms. The Morgan fingerprint density at radius 3 is 3.00 bits per heavy atom. The molecule has 0 spiro atoms. The highest BCUT2D eigenvalue weighted by Crippen LogP contribution is 2.24. The van der Waals surface area contributed by atoms with Gasteiger partial charge >= 0.3 is 0 Å². The Morgan fingerprint density at radius 1 is 1.44 bits per heavy atom. The third-order valence-electron chi connectivity index (χ3n) is 2.50. The summed E-state index contributed by atoms with van der Waals surface area (Å²) >= 11 is 6.05. The molecule has 1 aromatic heterocycles. The fraction of sp³-hybridized carbons (Fsp3) is 0.182. The van der Waals surface area contributed by atoms with Crippen molar-refractivity contribution in [3.05, 3.63) is 35.5 Å². The smallest absolute Gasteiger partial charge is 0.235 e. The molecule has 2 rings (SSSR count). The minimum Gasteiger partial charge on any atom is -0.347 e. The molecular formula is C11H12ClN3O. The number of aromatic nitrogens is 1. The molecule has 1 amide bonds. The number of carbonyl (C=O) groups is 1. The van der Waals surface area contributed by atoms with Gasteiger partial charge in [-0.05, 0) is 18.2 Å². The summed E-state index contributed by atoms with van der Waals surface area (Å²) < 4.78 is 1.98. The second kappa shape index (κ2) is 4.55. The first-order valence-electron chi connectivity index (χ1n) is 4.95. The van der Waals surface area contributed by atoms with E-state index in [1.807, 2.05) is 35.0 Å². The van der Waals surface area contributed by atoms with Crippen LogP contribution in [0.3, 0.4) is 0 Å². The second-order valence-electron chi connectivity index (χ2n) is 3.50. The number of rotatable bonds is 3. The summed E-state index contributed by atoms with van der Waals surface area (Å²) in [5, 5.41) is 1.72. The molecule has 0 aliphatic heterocycles. The standard InChI is InChI=1S/C11H12ClN3O/c12-9-2-1-3-10-8(9)4-6-15(10)7-5-11(16)14-13/h1-4,6H,5,7,13H2,(H,14,16). The number of hydrazine groups is 1. The lowest BCUT2D eigenvalue weighted by Crippen LogP contribution is -2.30. The van der Waals surface area contributed by atoms with Crippen molar-refractivity contribution in [3.8, 4) is 0 Å². The van der Waals surface area contributed by atoms with Crippen LogP contribution < -0.4 is 11.3 Å². The van der Waals surface area contributed by atoms with Crippen LogP contribution in [0.5, 0.6) is 0 Å². The van der Waals surface area contributed by atoms with E-state index in [1.54, 1.807) is 0 Å². The Kier molecular flexibility index (Phi) is 3.12. The molecule has 4 nitrogen and oxygen atoms in total. The topological polar surface area (TPSA) is 60.0 Å². The van der Waals surface area contributed by atoms with Gasteiger partial charge in [-0.25, -0.2) is 5.84 Å².